The fourth-order valence-electron chi connectivity index (χ4n) is 3.55. The number of hydrogen-bond donors (Lipinski definition) is 2. The summed E-state index contributed by atoms with van der Waals surface area (Å²) >= 11 is 0. The lowest BCUT2D eigenvalue weighted by Gasteiger charge is -2.27. The van der Waals surface area contributed by atoms with Gasteiger partial charge in [0.05, 0.1) is 38.6 Å². The van der Waals surface area contributed by atoms with Crippen LogP contribution in [0.2, 0.25) is 0 Å². The molecule has 0 bridgehead atoms. The van der Waals surface area contributed by atoms with Gasteiger partial charge in [0.25, 0.3) is 5.56 Å². The zero-order valence-electron chi connectivity index (χ0n) is 15.6. The molecule has 25 heavy (non-hydrogen) atoms. The molecule has 0 saturated heterocycles. The monoisotopic (exact) mass is 343 g/mol. The number of quaternary nitrogens is 1. The Morgan fingerprint density at radius 2 is 1.96 bits per heavy atom. The Balaban J connectivity index is 1.97. The predicted molar refractivity (Wildman–Crippen MR) is 101 cm³/mol. The van der Waals surface area contributed by atoms with Gasteiger partial charge in [-0.2, -0.15) is 0 Å². The Morgan fingerprint density at radius 1 is 1.24 bits per heavy atom. The minimum Gasteiger partial charge on any atom is -0.497 e. The molecule has 2 aromatic heterocycles. The van der Waals surface area contributed by atoms with E-state index in [-0.39, 0.29) is 5.56 Å². The third kappa shape index (κ3) is 3.26. The molecule has 0 unspecified atom stereocenters. The number of ether oxygens (including phenoxy) is 1. The van der Waals surface area contributed by atoms with Crippen molar-refractivity contribution in [2.24, 2.45) is 0 Å². The number of aromatic amines is 1. The molecule has 0 saturated carbocycles. The second-order valence-electron chi connectivity index (χ2n) is 7.14. The van der Waals surface area contributed by atoms with Crippen LogP contribution >= 0.6 is 0 Å². The van der Waals surface area contributed by atoms with E-state index in [0.717, 1.165) is 23.2 Å². The van der Waals surface area contributed by atoms with Crippen molar-refractivity contribution in [1.82, 2.24) is 14.5 Å². The van der Waals surface area contributed by atoms with E-state index in [2.05, 4.69) is 37.7 Å². The Kier molecular flexibility index (Phi) is 4.81. The summed E-state index contributed by atoms with van der Waals surface area (Å²) in [6, 6.07) is 6.75. The van der Waals surface area contributed by atoms with Crippen molar-refractivity contribution in [3.63, 3.8) is 0 Å². The maximum Gasteiger partial charge on any atom is 0.277 e. The van der Waals surface area contributed by atoms with Crippen molar-refractivity contribution >= 4 is 21.9 Å². The molecule has 6 nitrogen and oxygen atoms in total. The summed E-state index contributed by atoms with van der Waals surface area (Å²) in [5, 5.41) is 0.912. The average molecular weight is 343 g/mol. The molecule has 0 atom stereocenters. The predicted octanol–water partition coefficient (Wildman–Crippen LogP) is 1.59. The van der Waals surface area contributed by atoms with E-state index in [4.69, 9.17) is 4.74 Å². The van der Waals surface area contributed by atoms with Gasteiger partial charge in [-0.25, -0.2) is 4.98 Å². The van der Waals surface area contributed by atoms with Crippen molar-refractivity contribution in [1.29, 1.82) is 0 Å². The van der Waals surface area contributed by atoms with Crippen LogP contribution in [0.15, 0.2) is 29.3 Å². The number of aromatic nitrogens is 3. The molecular weight excluding hydrogens is 316 g/mol. The first-order valence-corrected chi connectivity index (χ1v) is 8.82. The highest BCUT2D eigenvalue weighted by molar-refractivity contribution is 6.04. The van der Waals surface area contributed by atoms with Gasteiger partial charge in [-0.1, -0.05) is 0 Å². The van der Waals surface area contributed by atoms with Gasteiger partial charge in [-0.3, -0.25) is 9.36 Å². The third-order valence-electron chi connectivity index (χ3n) is 4.90. The maximum absolute atomic E-state index is 12.9. The Bertz CT molecular complexity index is 932. The highest BCUT2D eigenvalue weighted by Gasteiger charge is 2.18. The van der Waals surface area contributed by atoms with E-state index < -0.39 is 0 Å². The summed E-state index contributed by atoms with van der Waals surface area (Å²) in [5.74, 6) is 0.757. The number of methoxy groups -OCH3 is 1. The van der Waals surface area contributed by atoms with Crippen molar-refractivity contribution in [2.75, 3.05) is 13.7 Å². The van der Waals surface area contributed by atoms with Crippen molar-refractivity contribution in [2.45, 2.75) is 46.3 Å². The van der Waals surface area contributed by atoms with Crippen molar-refractivity contribution in [3.05, 3.63) is 34.9 Å². The van der Waals surface area contributed by atoms with Crippen LogP contribution in [0.5, 0.6) is 5.75 Å². The van der Waals surface area contributed by atoms with E-state index in [1.54, 1.807) is 18.0 Å². The standard InChI is InChI=1S/C19H26N4O2/c1-12(2)23(13(3)4)9-8-22-11-20-17-15-10-14(25-5)6-7-16(15)21-18(17)19(22)24/h6-7,10-13,21H,8-9H2,1-5H3/p+1. The molecule has 134 valence electrons. The summed E-state index contributed by atoms with van der Waals surface area (Å²) in [6.07, 6.45) is 1.66. The molecule has 0 aliphatic carbocycles. The molecule has 3 rings (SSSR count). The molecule has 1 aromatic carbocycles. The van der Waals surface area contributed by atoms with Crippen LogP contribution in [0.1, 0.15) is 27.7 Å². The topological polar surface area (TPSA) is 64.3 Å². The van der Waals surface area contributed by atoms with E-state index in [9.17, 15) is 4.79 Å². The lowest BCUT2D eigenvalue weighted by Crippen LogP contribution is -3.18. The lowest BCUT2D eigenvalue weighted by molar-refractivity contribution is -0.942. The number of nitrogens with zero attached hydrogens (tertiary/aromatic N) is 2. The van der Waals surface area contributed by atoms with Crippen LogP contribution in [-0.4, -0.2) is 40.3 Å². The largest absolute Gasteiger partial charge is 0.497 e. The Labute approximate surface area is 147 Å². The van der Waals surface area contributed by atoms with Crippen LogP contribution in [0.3, 0.4) is 0 Å². The average Bonchev–Trinajstić information content (AvgIpc) is 2.95. The summed E-state index contributed by atoms with van der Waals surface area (Å²) in [4.78, 5) is 22.1. The number of hydrogen-bond acceptors (Lipinski definition) is 3. The molecule has 0 amide bonds. The second-order valence-corrected chi connectivity index (χ2v) is 7.14. The number of nitrogens with one attached hydrogen (secondary N) is 2. The van der Waals surface area contributed by atoms with Crippen molar-refractivity contribution in [3.8, 4) is 5.75 Å². The molecule has 0 radical (unpaired) electrons. The van der Waals surface area contributed by atoms with Crippen LogP contribution in [0, 0.1) is 0 Å². The summed E-state index contributed by atoms with van der Waals surface area (Å²) in [5.41, 5.74) is 2.13. The lowest BCUT2D eigenvalue weighted by atomic mass is 10.2. The van der Waals surface area contributed by atoms with Gasteiger partial charge in [-0.05, 0) is 45.9 Å². The van der Waals surface area contributed by atoms with Crippen LogP contribution < -0.4 is 15.2 Å². The van der Waals surface area contributed by atoms with Gasteiger partial charge >= 0.3 is 0 Å². The van der Waals surface area contributed by atoms with Gasteiger partial charge in [0.2, 0.25) is 0 Å². The van der Waals surface area contributed by atoms with E-state index >= 15 is 0 Å². The van der Waals surface area contributed by atoms with Gasteiger partial charge in [0.15, 0.2) is 0 Å². The maximum atomic E-state index is 12.9. The molecule has 0 fully saturated rings. The highest BCUT2D eigenvalue weighted by atomic mass is 16.5. The van der Waals surface area contributed by atoms with Crippen LogP contribution in [0.25, 0.3) is 21.9 Å². The van der Waals surface area contributed by atoms with Crippen LogP contribution in [-0.2, 0) is 6.54 Å². The first kappa shape index (κ1) is 17.5. The van der Waals surface area contributed by atoms with Crippen LogP contribution in [0.4, 0.5) is 0 Å². The number of benzene rings is 1. The second kappa shape index (κ2) is 6.88. The molecule has 0 spiro atoms. The molecule has 2 N–H and O–H groups in total. The summed E-state index contributed by atoms with van der Waals surface area (Å²) < 4.78 is 6.98. The van der Waals surface area contributed by atoms with E-state index in [1.807, 2.05) is 18.2 Å². The molecule has 0 aliphatic rings. The molecular formula is C19H27N4O2+. The van der Waals surface area contributed by atoms with E-state index in [0.29, 0.717) is 29.7 Å². The highest BCUT2D eigenvalue weighted by Crippen LogP contribution is 2.25. The van der Waals surface area contributed by atoms with Gasteiger partial charge in [-0.15, -0.1) is 0 Å². The zero-order chi connectivity index (χ0) is 18.1. The first-order valence-electron chi connectivity index (χ1n) is 8.82. The van der Waals surface area contributed by atoms with Gasteiger partial charge < -0.3 is 14.6 Å². The van der Waals surface area contributed by atoms with Gasteiger partial charge in [0.1, 0.15) is 16.8 Å². The minimum absolute atomic E-state index is 0.0213. The Morgan fingerprint density at radius 3 is 2.60 bits per heavy atom. The number of rotatable bonds is 6. The quantitative estimate of drug-likeness (QED) is 0.714. The molecule has 0 aliphatic heterocycles. The zero-order valence-corrected chi connectivity index (χ0v) is 15.6. The minimum atomic E-state index is -0.0213. The summed E-state index contributed by atoms with van der Waals surface area (Å²) in [7, 11) is 1.63. The normalized spacial score (nSPS) is 12.2. The fourth-order valence-corrected chi connectivity index (χ4v) is 3.55. The third-order valence-corrected chi connectivity index (χ3v) is 4.90. The molecule has 6 heteroatoms. The molecule has 2 heterocycles. The molecule has 3 aromatic rings. The Hall–Kier alpha value is -2.34. The number of fused-ring (bicyclic) bond motifs is 3. The SMILES string of the molecule is COc1ccc2[nH]c3c(=O)n(CC[NH+](C(C)C)C(C)C)cnc3c2c1. The summed E-state index contributed by atoms with van der Waals surface area (Å²) in [6.45, 7) is 10.4. The number of H-pyrrole nitrogens is 1. The fraction of sp³-hybridized carbons (Fsp3) is 0.474. The van der Waals surface area contributed by atoms with Gasteiger partial charge in [0, 0.05) is 10.9 Å². The van der Waals surface area contributed by atoms with E-state index in [1.165, 1.54) is 4.90 Å². The first-order chi connectivity index (χ1) is 11.9. The smallest absolute Gasteiger partial charge is 0.277 e. The van der Waals surface area contributed by atoms with Crippen molar-refractivity contribution < 1.29 is 9.64 Å².